The summed E-state index contributed by atoms with van der Waals surface area (Å²) >= 11 is 0. The average Bonchev–Trinajstić information content (AvgIpc) is 2.60. The molecule has 0 aromatic heterocycles. The van der Waals surface area contributed by atoms with Crippen LogP contribution in [0.4, 0.5) is 4.39 Å². The number of carbonyl (C=O) groups excluding carboxylic acids is 1. The molecule has 1 atom stereocenters. The topological polar surface area (TPSA) is 35.5 Å². The molecule has 15 heavy (non-hydrogen) atoms. The van der Waals surface area contributed by atoms with Crippen molar-refractivity contribution in [2.75, 3.05) is 6.61 Å². The molecule has 0 spiro atoms. The molecule has 3 nitrogen and oxygen atoms in total. The van der Waals surface area contributed by atoms with Crippen molar-refractivity contribution < 1.29 is 18.7 Å². The highest BCUT2D eigenvalue weighted by molar-refractivity contribution is 5.76. The maximum Gasteiger partial charge on any atom is 0.347 e. The molecule has 0 saturated heterocycles. The lowest BCUT2D eigenvalue weighted by Gasteiger charge is -2.08. The number of rotatable bonds is 2. The number of halogens is 1. The van der Waals surface area contributed by atoms with Gasteiger partial charge in [-0.1, -0.05) is 0 Å². The van der Waals surface area contributed by atoms with Gasteiger partial charge in [0.25, 0.3) is 0 Å². The van der Waals surface area contributed by atoms with E-state index in [4.69, 9.17) is 9.47 Å². The summed E-state index contributed by atoms with van der Waals surface area (Å²) in [7, 11) is 0. The Morgan fingerprint density at radius 1 is 1.67 bits per heavy atom. The Bertz CT molecular complexity index is 389. The molecule has 0 N–H and O–H groups in total. The van der Waals surface area contributed by atoms with Gasteiger partial charge in [0.2, 0.25) is 0 Å². The van der Waals surface area contributed by atoms with Crippen LogP contribution in [0.3, 0.4) is 0 Å². The SMILES string of the molecule is CCOC(=O)C1Cc2cc(F)ccc2O1. The standard InChI is InChI=1S/C11H11FO3/c1-2-14-11(13)10-6-7-5-8(12)3-4-9(7)15-10/h3-5,10H,2,6H2,1H3. The Balaban J connectivity index is 2.12. The molecule has 0 fully saturated rings. The first-order valence-corrected chi connectivity index (χ1v) is 4.82. The largest absolute Gasteiger partial charge is 0.478 e. The molecule has 1 unspecified atom stereocenters. The molecule has 1 aliphatic rings. The van der Waals surface area contributed by atoms with Crippen LogP contribution in [-0.4, -0.2) is 18.7 Å². The van der Waals surface area contributed by atoms with E-state index in [1.807, 2.05) is 0 Å². The van der Waals surface area contributed by atoms with Crippen LogP contribution in [0.15, 0.2) is 18.2 Å². The van der Waals surface area contributed by atoms with Crippen LogP contribution in [0, 0.1) is 5.82 Å². The predicted octanol–water partition coefficient (Wildman–Crippen LogP) is 1.69. The zero-order valence-electron chi connectivity index (χ0n) is 8.33. The summed E-state index contributed by atoms with van der Waals surface area (Å²) in [5, 5.41) is 0. The highest BCUT2D eigenvalue weighted by atomic mass is 19.1. The lowest BCUT2D eigenvalue weighted by atomic mass is 10.1. The fourth-order valence-corrected chi connectivity index (χ4v) is 1.58. The second-order valence-electron chi connectivity index (χ2n) is 3.31. The first-order chi connectivity index (χ1) is 7.20. The zero-order chi connectivity index (χ0) is 10.8. The van der Waals surface area contributed by atoms with E-state index in [2.05, 4.69) is 0 Å². The molecule has 0 aliphatic carbocycles. The van der Waals surface area contributed by atoms with Crippen molar-refractivity contribution in [3.63, 3.8) is 0 Å². The average molecular weight is 210 g/mol. The minimum atomic E-state index is -0.623. The van der Waals surface area contributed by atoms with Crippen LogP contribution in [0.2, 0.25) is 0 Å². The van der Waals surface area contributed by atoms with Gasteiger partial charge in [0.1, 0.15) is 11.6 Å². The monoisotopic (exact) mass is 210 g/mol. The molecule has 1 aromatic carbocycles. The second-order valence-corrected chi connectivity index (χ2v) is 3.31. The van der Waals surface area contributed by atoms with E-state index in [1.165, 1.54) is 18.2 Å². The minimum absolute atomic E-state index is 0.318. The molecule has 0 bridgehead atoms. The lowest BCUT2D eigenvalue weighted by Crippen LogP contribution is -2.27. The van der Waals surface area contributed by atoms with Crippen molar-refractivity contribution in [3.05, 3.63) is 29.6 Å². The number of carbonyl (C=O) groups is 1. The van der Waals surface area contributed by atoms with Gasteiger partial charge >= 0.3 is 5.97 Å². The summed E-state index contributed by atoms with van der Waals surface area (Å²) in [6.45, 7) is 2.06. The first-order valence-electron chi connectivity index (χ1n) is 4.82. The highest BCUT2D eigenvalue weighted by Gasteiger charge is 2.30. The van der Waals surface area contributed by atoms with E-state index in [0.29, 0.717) is 24.3 Å². The van der Waals surface area contributed by atoms with Crippen molar-refractivity contribution in [2.24, 2.45) is 0 Å². The molecule has 4 heteroatoms. The molecule has 0 radical (unpaired) electrons. The van der Waals surface area contributed by atoms with Crippen LogP contribution in [0.25, 0.3) is 0 Å². The molecule has 0 saturated carbocycles. The van der Waals surface area contributed by atoms with E-state index in [9.17, 15) is 9.18 Å². The fourth-order valence-electron chi connectivity index (χ4n) is 1.58. The normalized spacial score (nSPS) is 18.1. The summed E-state index contributed by atoms with van der Waals surface area (Å²) in [5.74, 6) is -0.148. The fraction of sp³-hybridized carbons (Fsp3) is 0.364. The van der Waals surface area contributed by atoms with Crippen molar-refractivity contribution >= 4 is 5.97 Å². The summed E-state index contributed by atoms with van der Waals surface area (Å²) < 4.78 is 23.0. The molecule has 2 rings (SSSR count). The predicted molar refractivity (Wildman–Crippen MR) is 51.2 cm³/mol. The van der Waals surface area contributed by atoms with Gasteiger partial charge in [0.15, 0.2) is 6.10 Å². The van der Waals surface area contributed by atoms with Crippen LogP contribution in [-0.2, 0) is 16.0 Å². The van der Waals surface area contributed by atoms with Gasteiger partial charge in [-0.15, -0.1) is 0 Å². The van der Waals surface area contributed by atoms with E-state index >= 15 is 0 Å². The smallest absolute Gasteiger partial charge is 0.347 e. The Labute approximate surface area is 86.8 Å². The third kappa shape index (κ3) is 1.93. The van der Waals surface area contributed by atoms with E-state index < -0.39 is 12.1 Å². The van der Waals surface area contributed by atoms with Crippen molar-refractivity contribution in [1.82, 2.24) is 0 Å². The quantitative estimate of drug-likeness (QED) is 0.697. The van der Waals surface area contributed by atoms with Crippen LogP contribution >= 0.6 is 0 Å². The number of esters is 1. The molecule has 1 aliphatic heterocycles. The van der Waals surface area contributed by atoms with Crippen molar-refractivity contribution in [3.8, 4) is 5.75 Å². The minimum Gasteiger partial charge on any atom is -0.478 e. The van der Waals surface area contributed by atoms with Gasteiger partial charge in [0.05, 0.1) is 6.61 Å². The Hall–Kier alpha value is -1.58. The molecule has 1 heterocycles. The molecule has 0 amide bonds. The van der Waals surface area contributed by atoms with Gasteiger partial charge in [-0.05, 0) is 25.1 Å². The lowest BCUT2D eigenvalue weighted by molar-refractivity contribution is -0.150. The van der Waals surface area contributed by atoms with Gasteiger partial charge in [0, 0.05) is 12.0 Å². The summed E-state index contributed by atoms with van der Waals surface area (Å²) in [6.07, 6.45) is -0.243. The number of benzene rings is 1. The highest BCUT2D eigenvalue weighted by Crippen LogP contribution is 2.29. The zero-order valence-corrected chi connectivity index (χ0v) is 8.33. The van der Waals surface area contributed by atoms with Crippen LogP contribution in [0.1, 0.15) is 12.5 Å². The number of ether oxygens (including phenoxy) is 2. The second kappa shape index (κ2) is 3.88. The summed E-state index contributed by atoms with van der Waals surface area (Å²) in [5.41, 5.74) is 0.716. The first kappa shape index (κ1) is 9.96. The van der Waals surface area contributed by atoms with Crippen LogP contribution in [0.5, 0.6) is 5.75 Å². The van der Waals surface area contributed by atoms with Crippen molar-refractivity contribution in [2.45, 2.75) is 19.4 Å². The summed E-state index contributed by atoms with van der Waals surface area (Å²) in [6, 6.07) is 4.23. The third-order valence-corrected chi connectivity index (χ3v) is 2.25. The van der Waals surface area contributed by atoms with E-state index in [0.717, 1.165) is 0 Å². The number of hydrogen-bond acceptors (Lipinski definition) is 3. The van der Waals surface area contributed by atoms with Crippen molar-refractivity contribution in [1.29, 1.82) is 0 Å². The van der Waals surface area contributed by atoms with Crippen LogP contribution < -0.4 is 4.74 Å². The maximum atomic E-state index is 12.9. The maximum absolute atomic E-state index is 12.9. The van der Waals surface area contributed by atoms with Gasteiger partial charge in [-0.2, -0.15) is 0 Å². The Kier molecular flexibility index (Phi) is 2.58. The number of fused-ring (bicyclic) bond motifs is 1. The van der Waals surface area contributed by atoms with Gasteiger partial charge < -0.3 is 9.47 Å². The molecule has 1 aromatic rings. The number of hydrogen-bond donors (Lipinski definition) is 0. The third-order valence-electron chi connectivity index (χ3n) is 2.25. The summed E-state index contributed by atoms with van der Waals surface area (Å²) in [4.78, 5) is 11.4. The Morgan fingerprint density at radius 3 is 3.20 bits per heavy atom. The van der Waals surface area contributed by atoms with E-state index in [1.54, 1.807) is 6.92 Å². The van der Waals surface area contributed by atoms with E-state index in [-0.39, 0.29) is 5.82 Å². The Morgan fingerprint density at radius 2 is 2.47 bits per heavy atom. The molecular formula is C11H11FO3. The molecule has 80 valence electrons. The van der Waals surface area contributed by atoms with Gasteiger partial charge in [-0.25, -0.2) is 9.18 Å². The molecular weight excluding hydrogens is 199 g/mol. The van der Waals surface area contributed by atoms with Gasteiger partial charge in [-0.3, -0.25) is 0 Å².